The minimum absolute atomic E-state index is 0.199. The largest absolute Gasteiger partial charge is 0.378 e. The first-order chi connectivity index (χ1) is 14.8. The molecule has 0 bridgehead atoms. The van der Waals surface area contributed by atoms with Crippen molar-refractivity contribution in [3.63, 3.8) is 0 Å². The Bertz CT molecular complexity index is 816. The lowest BCUT2D eigenvalue weighted by Crippen LogP contribution is -2.42. The summed E-state index contributed by atoms with van der Waals surface area (Å²) in [4.78, 5) is 17.3. The number of aromatic nitrogens is 3. The van der Waals surface area contributed by atoms with Crippen LogP contribution in [0.15, 0.2) is 35.5 Å². The van der Waals surface area contributed by atoms with Crippen LogP contribution in [-0.2, 0) is 9.53 Å². The van der Waals surface area contributed by atoms with Gasteiger partial charge in [0.25, 0.3) is 0 Å². The van der Waals surface area contributed by atoms with E-state index in [0.29, 0.717) is 25.0 Å². The first-order valence-electron chi connectivity index (χ1n) is 11.0. The molecule has 0 spiro atoms. The Labute approximate surface area is 182 Å². The summed E-state index contributed by atoms with van der Waals surface area (Å²) in [7, 11) is 0. The molecule has 4 rings (SSSR count). The average Bonchev–Trinajstić information content (AvgIpc) is 3.24. The quantitative estimate of drug-likeness (QED) is 0.629. The number of hydrogen-bond acceptors (Lipinski definition) is 6. The van der Waals surface area contributed by atoms with E-state index >= 15 is 0 Å². The maximum absolute atomic E-state index is 13.0. The van der Waals surface area contributed by atoms with Gasteiger partial charge in [0.05, 0.1) is 24.7 Å². The normalized spacial score (nSPS) is 17.8. The fourth-order valence-corrected chi connectivity index (χ4v) is 5.20. The number of hydrogen-bond donors (Lipinski definition) is 0. The van der Waals surface area contributed by atoms with Gasteiger partial charge in [-0.2, -0.15) is 0 Å². The summed E-state index contributed by atoms with van der Waals surface area (Å²) >= 11 is 1.48. The number of amides is 1. The van der Waals surface area contributed by atoms with Gasteiger partial charge in [-0.25, -0.2) is 0 Å². The number of carbonyl (C=O) groups excluding carboxylic acids is 1. The Hall–Kier alpha value is -2.06. The van der Waals surface area contributed by atoms with Crippen molar-refractivity contribution in [1.29, 1.82) is 0 Å². The fourth-order valence-electron chi connectivity index (χ4n) is 4.37. The molecular weight excluding hydrogens is 398 g/mol. The first kappa shape index (κ1) is 21.2. The monoisotopic (exact) mass is 429 g/mol. The molecule has 2 fully saturated rings. The molecule has 2 heterocycles. The summed E-state index contributed by atoms with van der Waals surface area (Å²) in [5, 5.41) is 9.71. The van der Waals surface area contributed by atoms with Crippen molar-refractivity contribution in [3.8, 4) is 5.69 Å². The van der Waals surface area contributed by atoms with Crippen molar-refractivity contribution in [1.82, 2.24) is 19.7 Å². The second-order valence-electron chi connectivity index (χ2n) is 7.81. The van der Waals surface area contributed by atoms with E-state index in [1.165, 1.54) is 31.0 Å². The van der Waals surface area contributed by atoms with Crippen LogP contribution in [0.3, 0.4) is 0 Å². The third-order valence-corrected chi connectivity index (χ3v) is 6.84. The maximum Gasteiger partial charge on any atom is 0.233 e. The predicted octanol–water partition coefficient (Wildman–Crippen LogP) is 3.38. The highest BCUT2D eigenvalue weighted by Gasteiger charge is 2.26. The van der Waals surface area contributed by atoms with E-state index < -0.39 is 0 Å². The molecule has 8 heteroatoms. The Morgan fingerprint density at radius 2 is 1.87 bits per heavy atom. The van der Waals surface area contributed by atoms with Crippen LogP contribution in [0.1, 0.15) is 39.0 Å². The van der Waals surface area contributed by atoms with Crippen LogP contribution < -0.4 is 4.90 Å². The minimum atomic E-state index is 0.199. The predicted molar refractivity (Wildman–Crippen MR) is 119 cm³/mol. The topological polar surface area (TPSA) is 63.5 Å². The number of rotatable bonds is 7. The molecule has 162 valence electrons. The zero-order valence-electron chi connectivity index (χ0n) is 17.7. The SMILES string of the molecule is CCN(C(=O)CSc1nnc(N2CCOCC2)n1-c1ccccc1)C1CCCCC1. The number of morpholine rings is 1. The molecule has 1 aromatic heterocycles. The van der Waals surface area contributed by atoms with E-state index in [2.05, 4.69) is 43.6 Å². The number of thioether (sulfide) groups is 1. The summed E-state index contributed by atoms with van der Waals surface area (Å²) in [6, 6.07) is 10.5. The van der Waals surface area contributed by atoms with Crippen LogP contribution in [0, 0.1) is 0 Å². The molecule has 7 nitrogen and oxygen atoms in total. The van der Waals surface area contributed by atoms with Gasteiger partial charge in [-0.05, 0) is 31.9 Å². The first-order valence-corrected chi connectivity index (χ1v) is 12.0. The molecule has 1 saturated heterocycles. The molecule has 1 aliphatic heterocycles. The molecule has 1 aromatic carbocycles. The van der Waals surface area contributed by atoms with Crippen molar-refractivity contribution in [2.75, 3.05) is 43.5 Å². The van der Waals surface area contributed by atoms with E-state index in [0.717, 1.165) is 49.3 Å². The molecule has 30 heavy (non-hydrogen) atoms. The highest BCUT2D eigenvalue weighted by molar-refractivity contribution is 7.99. The second kappa shape index (κ2) is 10.3. The van der Waals surface area contributed by atoms with Gasteiger partial charge in [-0.1, -0.05) is 49.2 Å². The smallest absolute Gasteiger partial charge is 0.233 e. The number of ether oxygens (including phenoxy) is 1. The average molecular weight is 430 g/mol. The molecule has 1 saturated carbocycles. The van der Waals surface area contributed by atoms with Gasteiger partial charge in [-0.15, -0.1) is 10.2 Å². The van der Waals surface area contributed by atoms with Crippen molar-refractivity contribution < 1.29 is 9.53 Å². The molecule has 1 amide bonds. The van der Waals surface area contributed by atoms with Crippen molar-refractivity contribution in [2.24, 2.45) is 0 Å². The fraction of sp³-hybridized carbons (Fsp3) is 0.591. The molecule has 2 aromatic rings. The number of carbonyl (C=O) groups is 1. The van der Waals surface area contributed by atoms with Crippen LogP contribution in [-0.4, -0.2) is 70.2 Å². The van der Waals surface area contributed by atoms with E-state index in [4.69, 9.17) is 4.74 Å². The van der Waals surface area contributed by atoms with Crippen LogP contribution in [0.4, 0.5) is 5.95 Å². The summed E-state index contributed by atoms with van der Waals surface area (Å²) in [5.41, 5.74) is 1.01. The molecule has 2 aliphatic rings. The van der Waals surface area contributed by atoms with Gasteiger partial charge in [0.15, 0.2) is 5.16 Å². The van der Waals surface area contributed by atoms with E-state index in [-0.39, 0.29) is 5.91 Å². The molecular formula is C22H31N5O2S. The Balaban J connectivity index is 1.52. The van der Waals surface area contributed by atoms with E-state index in [9.17, 15) is 4.79 Å². The van der Waals surface area contributed by atoms with Crippen molar-refractivity contribution in [3.05, 3.63) is 30.3 Å². The Kier molecular flexibility index (Phi) is 7.28. The van der Waals surface area contributed by atoms with Gasteiger partial charge in [0.1, 0.15) is 0 Å². The Morgan fingerprint density at radius 1 is 1.13 bits per heavy atom. The van der Waals surface area contributed by atoms with Crippen LogP contribution in [0.25, 0.3) is 5.69 Å². The molecule has 0 atom stereocenters. The van der Waals surface area contributed by atoms with Gasteiger partial charge >= 0.3 is 0 Å². The van der Waals surface area contributed by atoms with Crippen LogP contribution in [0.2, 0.25) is 0 Å². The highest BCUT2D eigenvalue weighted by Crippen LogP contribution is 2.28. The van der Waals surface area contributed by atoms with Gasteiger partial charge in [-0.3, -0.25) is 9.36 Å². The van der Waals surface area contributed by atoms with Gasteiger partial charge in [0.2, 0.25) is 11.9 Å². The van der Waals surface area contributed by atoms with Crippen molar-refractivity contribution >= 4 is 23.6 Å². The molecule has 0 radical (unpaired) electrons. The zero-order chi connectivity index (χ0) is 20.8. The summed E-state index contributed by atoms with van der Waals surface area (Å²) in [6.45, 7) is 5.82. The van der Waals surface area contributed by atoms with Gasteiger partial charge < -0.3 is 14.5 Å². The number of nitrogens with zero attached hydrogens (tertiary/aromatic N) is 5. The Morgan fingerprint density at radius 3 is 2.57 bits per heavy atom. The van der Waals surface area contributed by atoms with Gasteiger partial charge in [0, 0.05) is 25.7 Å². The van der Waals surface area contributed by atoms with Crippen molar-refractivity contribution in [2.45, 2.75) is 50.2 Å². The molecule has 0 unspecified atom stereocenters. The molecule has 1 aliphatic carbocycles. The van der Waals surface area contributed by atoms with Crippen LogP contribution >= 0.6 is 11.8 Å². The van der Waals surface area contributed by atoms with Crippen LogP contribution in [0.5, 0.6) is 0 Å². The highest BCUT2D eigenvalue weighted by atomic mass is 32.2. The third-order valence-electron chi connectivity index (χ3n) is 5.93. The minimum Gasteiger partial charge on any atom is -0.378 e. The summed E-state index contributed by atoms with van der Waals surface area (Å²) in [5.74, 6) is 1.40. The summed E-state index contributed by atoms with van der Waals surface area (Å²) < 4.78 is 7.56. The lowest BCUT2D eigenvalue weighted by Gasteiger charge is -2.33. The number of anilines is 1. The maximum atomic E-state index is 13.0. The van der Waals surface area contributed by atoms with E-state index in [1.54, 1.807) is 0 Å². The lowest BCUT2D eigenvalue weighted by molar-refractivity contribution is -0.131. The number of benzene rings is 1. The number of para-hydroxylation sites is 1. The molecule has 0 N–H and O–H groups in total. The second-order valence-corrected chi connectivity index (χ2v) is 8.76. The third kappa shape index (κ3) is 4.81. The summed E-state index contributed by atoms with van der Waals surface area (Å²) in [6.07, 6.45) is 6.01. The standard InChI is InChI=1S/C22H31N5O2S/c1-2-26(18-9-5-3-6-10-18)20(28)17-30-22-24-23-21(25-13-15-29-16-14-25)27(22)19-11-7-4-8-12-19/h4,7-8,11-12,18H,2-3,5-6,9-10,13-17H2,1H3. The van der Waals surface area contributed by atoms with E-state index in [1.807, 2.05) is 18.2 Å². The zero-order valence-corrected chi connectivity index (χ0v) is 18.5. The lowest BCUT2D eigenvalue weighted by atomic mass is 9.94.